The van der Waals surface area contributed by atoms with Gasteiger partial charge in [0.1, 0.15) is 17.0 Å². The van der Waals surface area contributed by atoms with Crippen molar-refractivity contribution in [1.29, 1.82) is 0 Å². The summed E-state index contributed by atoms with van der Waals surface area (Å²) < 4.78 is 19.3. The standard InChI is InChI=1S/C18H16FN3O3/c19-14-7-2-8-15(18(14)22(23)24)20-11-4-12-25-16-9-1-5-13-6-3-10-21-17(13)16/h1-3,5-10,20H,4,11-12H2. The number of benzene rings is 2. The molecular weight excluding hydrogens is 325 g/mol. The normalized spacial score (nSPS) is 10.6. The molecule has 1 heterocycles. The smallest absolute Gasteiger partial charge is 0.327 e. The highest BCUT2D eigenvalue weighted by molar-refractivity contribution is 5.84. The van der Waals surface area contributed by atoms with Gasteiger partial charge in [0.05, 0.1) is 11.5 Å². The molecule has 0 unspecified atom stereocenters. The molecule has 0 atom stereocenters. The van der Waals surface area contributed by atoms with Gasteiger partial charge in [-0.25, -0.2) is 0 Å². The first-order valence-corrected chi connectivity index (χ1v) is 7.80. The van der Waals surface area contributed by atoms with Crippen molar-refractivity contribution >= 4 is 22.3 Å². The summed E-state index contributed by atoms with van der Waals surface area (Å²) in [5.41, 5.74) is 0.414. The molecular formula is C18H16FN3O3. The van der Waals surface area contributed by atoms with Gasteiger partial charge < -0.3 is 10.1 Å². The minimum atomic E-state index is -0.854. The largest absolute Gasteiger partial charge is 0.491 e. The number of fused-ring (bicyclic) bond motifs is 1. The predicted octanol–water partition coefficient (Wildman–Crippen LogP) is 4.16. The van der Waals surface area contributed by atoms with Crippen molar-refractivity contribution in [3.8, 4) is 5.75 Å². The molecule has 0 amide bonds. The van der Waals surface area contributed by atoms with E-state index in [4.69, 9.17) is 4.74 Å². The number of anilines is 1. The summed E-state index contributed by atoms with van der Waals surface area (Å²) in [5.74, 6) is -0.164. The van der Waals surface area contributed by atoms with Crippen molar-refractivity contribution in [3.63, 3.8) is 0 Å². The minimum Gasteiger partial charge on any atom is -0.491 e. The van der Waals surface area contributed by atoms with Crippen LogP contribution in [0.4, 0.5) is 15.8 Å². The molecule has 3 rings (SSSR count). The SMILES string of the molecule is O=[N+]([O-])c1c(F)cccc1NCCCOc1cccc2cccnc12. The predicted molar refractivity (Wildman–Crippen MR) is 93.4 cm³/mol. The number of halogens is 1. The highest BCUT2D eigenvalue weighted by Gasteiger charge is 2.19. The second-order valence-corrected chi connectivity index (χ2v) is 5.35. The summed E-state index contributed by atoms with van der Waals surface area (Å²) in [6.07, 6.45) is 2.30. The molecule has 0 saturated carbocycles. The van der Waals surface area contributed by atoms with Crippen molar-refractivity contribution < 1.29 is 14.1 Å². The molecule has 128 valence electrons. The number of nitro groups is 1. The van der Waals surface area contributed by atoms with E-state index in [9.17, 15) is 14.5 Å². The van der Waals surface area contributed by atoms with Gasteiger partial charge in [-0.3, -0.25) is 15.1 Å². The molecule has 0 aliphatic heterocycles. The molecule has 6 nitrogen and oxygen atoms in total. The Balaban J connectivity index is 1.56. The van der Waals surface area contributed by atoms with Gasteiger partial charge in [-0.15, -0.1) is 0 Å². The molecule has 0 fully saturated rings. The fourth-order valence-electron chi connectivity index (χ4n) is 2.51. The van der Waals surface area contributed by atoms with Crippen molar-refractivity contribution in [1.82, 2.24) is 4.98 Å². The summed E-state index contributed by atoms with van der Waals surface area (Å²) in [7, 11) is 0. The Labute approximate surface area is 143 Å². The maximum absolute atomic E-state index is 13.5. The Morgan fingerprint density at radius 1 is 1.16 bits per heavy atom. The number of nitrogens with one attached hydrogen (secondary N) is 1. The average molecular weight is 341 g/mol. The van der Waals surface area contributed by atoms with Gasteiger partial charge in [-0.1, -0.05) is 24.3 Å². The summed E-state index contributed by atoms with van der Waals surface area (Å²) >= 11 is 0. The maximum Gasteiger partial charge on any atom is 0.327 e. The third kappa shape index (κ3) is 3.82. The van der Waals surface area contributed by atoms with E-state index in [2.05, 4.69) is 10.3 Å². The quantitative estimate of drug-likeness (QED) is 0.396. The molecule has 0 spiro atoms. The fraction of sp³-hybridized carbons (Fsp3) is 0.167. The second-order valence-electron chi connectivity index (χ2n) is 5.35. The van der Waals surface area contributed by atoms with Crippen LogP contribution in [0.15, 0.2) is 54.7 Å². The van der Waals surface area contributed by atoms with E-state index in [1.807, 2.05) is 30.3 Å². The van der Waals surface area contributed by atoms with Gasteiger partial charge in [-0.2, -0.15) is 4.39 Å². The van der Waals surface area contributed by atoms with Crippen LogP contribution in [0.5, 0.6) is 5.75 Å². The summed E-state index contributed by atoms with van der Waals surface area (Å²) in [6.45, 7) is 0.828. The Kier molecular flexibility index (Phi) is 5.03. The molecule has 0 aliphatic rings. The molecule has 7 heteroatoms. The third-order valence-corrected chi connectivity index (χ3v) is 3.66. The molecule has 25 heavy (non-hydrogen) atoms. The van der Waals surface area contributed by atoms with Gasteiger partial charge >= 0.3 is 5.69 Å². The molecule has 3 aromatic rings. The molecule has 0 aliphatic carbocycles. The lowest BCUT2D eigenvalue weighted by atomic mass is 10.2. The van der Waals surface area contributed by atoms with Crippen LogP contribution in [0.2, 0.25) is 0 Å². The number of rotatable bonds is 7. The fourth-order valence-corrected chi connectivity index (χ4v) is 2.51. The zero-order valence-electron chi connectivity index (χ0n) is 13.3. The van der Waals surface area contributed by atoms with Gasteiger partial charge in [0, 0.05) is 18.1 Å². The second kappa shape index (κ2) is 7.57. The van der Waals surface area contributed by atoms with Crippen molar-refractivity contribution in [2.24, 2.45) is 0 Å². The summed E-state index contributed by atoms with van der Waals surface area (Å²) in [6, 6.07) is 13.5. The third-order valence-electron chi connectivity index (χ3n) is 3.66. The Morgan fingerprint density at radius 3 is 2.80 bits per heavy atom. The van der Waals surface area contributed by atoms with Crippen LogP contribution in [0.3, 0.4) is 0 Å². The summed E-state index contributed by atoms with van der Waals surface area (Å²) in [4.78, 5) is 14.5. The molecule has 0 radical (unpaired) electrons. The zero-order chi connectivity index (χ0) is 17.6. The van der Waals surface area contributed by atoms with Gasteiger partial charge in [-0.05, 0) is 30.7 Å². The first-order chi connectivity index (χ1) is 12.2. The Bertz CT molecular complexity index is 896. The number of pyridine rings is 1. The van der Waals surface area contributed by atoms with Crippen LogP contribution in [0.1, 0.15) is 6.42 Å². The van der Waals surface area contributed by atoms with Crippen molar-refractivity contribution in [2.75, 3.05) is 18.5 Å². The number of para-hydroxylation sites is 2. The van der Waals surface area contributed by atoms with Crippen LogP contribution in [-0.2, 0) is 0 Å². The highest BCUT2D eigenvalue weighted by Crippen LogP contribution is 2.27. The van der Waals surface area contributed by atoms with E-state index >= 15 is 0 Å². The van der Waals surface area contributed by atoms with E-state index in [1.165, 1.54) is 12.1 Å². The first kappa shape index (κ1) is 16.6. The lowest BCUT2D eigenvalue weighted by molar-refractivity contribution is -0.386. The average Bonchev–Trinajstić information content (AvgIpc) is 2.61. The monoisotopic (exact) mass is 341 g/mol. The number of aromatic nitrogens is 1. The van der Waals surface area contributed by atoms with E-state index in [1.54, 1.807) is 6.20 Å². The van der Waals surface area contributed by atoms with Gasteiger partial charge in [0.25, 0.3) is 0 Å². The van der Waals surface area contributed by atoms with Crippen molar-refractivity contribution in [3.05, 3.63) is 70.7 Å². The topological polar surface area (TPSA) is 77.3 Å². The van der Waals surface area contributed by atoms with Gasteiger partial charge in [0.2, 0.25) is 5.82 Å². The lowest BCUT2D eigenvalue weighted by Gasteiger charge is -2.10. The lowest BCUT2D eigenvalue weighted by Crippen LogP contribution is -2.09. The molecule has 1 N–H and O–H groups in total. The minimum absolute atomic E-state index is 0.164. The van der Waals surface area contributed by atoms with Crippen molar-refractivity contribution in [2.45, 2.75) is 6.42 Å². The van der Waals surface area contributed by atoms with Crippen LogP contribution in [0, 0.1) is 15.9 Å². The maximum atomic E-state index is 13.5. The van der Waals surface area contributed by atoms with E-state index in [0.29, 0.717) is 25.3 Å². The van der Waals surface area contributed by atoms with Gasteiger partial charge in [0.15, 0.2) is 0 Å². The van der Waals surface area contributed by atoms with E-state index < -0.39 is 16.4 Å². The number of hydrogen-bond acceptors (Lipinski definition) is 5. The number of nitrogens with zero attached hydrogens (tertiary/aromatic N) is 2. The Morgan fingerprint density at radius 2 is 1.96 bits per heavy atom. The zero-order valence-corrected chi connectivity index (χ0v) is 13.3. The highest BCUT2D eigenvalue weighted by atomic mass is 19.1. The van der Waals surface area contributed by atoms with Crippen LogP contribution >= 0.6 is 0 Å². The number of ether oxygens (including phenoxy) is 1. The number of nitro benzene ring substituents is 1. The van der Waals surface area contributed by atoms with Crippen LogP contribution in [0.25, 0.3) is 10.9 Å². The van der Waals surface area contributed by atoms with E-state index in [0.717, 1.165) is 17.0 Å². The molecule has 2 aromatic carbocycles. The molecule has 0 bridgehead atoms. The number of hydrogen-bond donors (Lipinski definition) is 1. The summed E-state index contributed by atoms with van der Waals surface area (Å²) in [5, 5.41) is 14.8. The Hall–Kier alpha value is -3.22. The first-order valence-electron chi connectivity index (χ1n) is 7.80. The van der Waals surface area contributed by atoms with E-state index in [-0.39, 0.29) is 5.69 Å². The molecule has 1 aromatic heterocycles. The van der Waals surface area contributed by atoms with Crippen LogP contribution < -0.4 is 10.1 Å². The van der Waals surface area contributed by atoms with Crippen LogP contribution in [-0.4, -0.2) is 23.1 Å². The molecule has 0 saturated heterocycles.